The number of halogens is 1. The molecule has 2 aliphatic heterocycles. The lowest BCUT2D eigenvalue weighted by Gasteiger charge is -2.34. The summed E-state index contributed by atoms with van der Waals surface area (Å²) in [7, 11) is 2.07. The van der Waals surface area contributed by atoms with Crippen LogP contribution >= 0.6 is 0 Å². The number of benzene rings is 1. The molecule has 2 fully saturated rings. The standard InChI is InChI=1S/C28H33FN8O2.C2H6/c1-4-11-36-26(38)20-17-30-27(31-19-6-7-22(21(29)16-19)35-14-12-34(3)13-15-35)33-25(20)37(36)23-8-5-18-9-10-28(2,39)24(18)32-23;1-2/h4-7,16-17,23,39H,1,8-15H2,2-3H3,(H,30,31,33);1-2H3. The van der Waals surface area contributed by atoms with Crippen molar-refractivity contribution in [1.29, 1.82) is 0 Å². The molecule has 1 aliphatic carbocycles. The summed E-state index contributed by atoms with van der Waals surface area (Å²) in [6.07, 6.45) is 6.75. The number of anilines is 3. The minimum Gasteiger partial charge on any atom is -0.384 e. The predicted molar refractivity (Wildman–Crippen MR) is 162 cm³/mol. The van der Waals surface area contributed by atoms with E-state index in [4.69, 9.17) is 4.99 Å². The van der Waals surface area contributed by atoms with Gasteiger partial charge in [0.2, 0.25) is 5.95 Å². The molecule has 2 unspecified atom stereocenters. The first-order chi connectivity index (χ1) is 19.7. The Morgan fingerprint density at radius 2 is 2.00 bits per heavy atom. The number of piperazine rings is 1. The molecular weight excluding hydrogens is 523 g/mol. The molecule has 0 bridgehead atoms. The number of dihydropyridines is 1. The summed E-state index contributed by atoms with van der Waals surface area (Å²) in [5.41, 5.74) is 1.98. The van der Waals surface area contributed by atoms with Gasteiger partial charge < -0.3 is 20.2 Å². The van der Waals surface area contributed by atoms with E-state index in [1.807, 2.05) is 19.9 Å². The fourth-order valence-electron chi connectivity index (χ4n) is 5.71. The van der Waals surface area contributed by atoms with Crippen molar-refractivity contribution in [1.82, 2.24) is 24.2 Å². The highest BCUT2D eigenvalue weighted by molar-refractivity contribution is 6.08. The van der Waals surface area contributed by atoms with E-state index in [1.54, 1.807) is 28.4 Å². The van der Waals surface area contributed by atoms with E-state index < -0.39 is 11.8 Å². The molecule has 218 valence electrons. The van der Waals surface area contributed by atoms with Gasteiger partial charge in [0.05, 0.1) is 17.9 Å². The average Bonchev–Trinajstić information content (AvgIpc) is 3.42. The van der Waals surface area contributed by atoms with Gasteiger partial charge in [0, 0.05) is 44.5 Å². The van der Waals surface area contributed by atoms with E-state index in [-0.39, 0.29) is 23.9 Å². The first-order valence-corrected chi connectivity index (χ1v) is 14.3. The van der Waals surface area contributed by atoms with Crippen LogP contribution in [0.15, 0.2) is 58.5 Å². The fraction of sp³-hybridized carbons (Fsp3) is 0.467. The van der Waals surface area contributed by atoms with Gasteiger partial charge in [0.15, 0.2) is 5.65 Å². The number of likely N-dealkylation sites (N-methyl/N-ethyl adjacent to an activating group) is 1. The largest absolute Gasteiger partial charge is 0.384 e. The second-order valence-electron chi connectivity index (χ2n) is 10.7. The van der Waals surface area contributed by atoms with Crippen LogP contribution in [0.4, 0.5) is 21.7 Å². The van der Waals surface area contributed by atoms with Gasteiger partial charge in [-0.05, 0) is 50.6 Å². The summed E-state index contributed by atoms with van der Waals surface area (Å²) in [5.74, 6) is -0.0739. The van der Waals surface area contributed by atoms with Crippen molar-refractivity contribution in [3.63, 3.8) is 0 Å². The minimum absolute atomic E-state index is 0.242. The van der Waals surface area contributed by atoms with Crippen LogP contribution in [-0.2, 0) is 6.54 Å². The molecule has 6 rings (SSSR count). The number of aliphatic hydroxyl groups is 1. The lowest BCUT2D eigenvalue weighted by atomic mass is 10.00. The molecule has 3 aromatic rings. The van der Waals surface area contributed by atoms with Crippen molar-refractivity contribution < 1.29 is 9.50 Å². The van der Waals surface area contributed by atoms with E-state index in [9.17, 15) is 9.90 Å². The fourth-order valence-corrected chi connectivity index (χ4v) is 5.71. The van der Waals surface area contributed by atoms with E-state index in [0.717, 1.165) is 38.2 Å². The van der Waals surface area contributed by atoms with Crippen LogP contribution in [0.2, 0.25) is 0 Å². The molecule has 0 radical (unpaired) electrons. The Morgan fingerprint density at radius 3 is 2.71 bits per heavy atom. The number of hydrogen-bond donors (Lipinski definition) is 2. The van der Waals surface area contributed by atoms with Gasteiger partial charge in [-0.1, -0.05) is 26.0 Å². The quantitative estimate of drug-likeness (QED) is 0.433. The Kier molecular flexibility index (Phi) is 8.10. The zero-order valence-corrected chi connectivity index (χ0v) is 24.3. The maximum atomic E-state index is 15.1. The zero-order valence-electron chi connectivity index (χ0n) is 24.3. The van der Waals surface area contributed by atoms with Crippen molar-refractivity contribution in [3.05, 3.63) is 64.9 Å². The summed E-state index contributed by atoms with van der Waals surface area (Å²) >= 11 is 0. The average molecular weight is 563 g/mol. The Labute approximate surface area is 239 Å². The highest BCUT2D eigenvalue weighted by Crippen LogP contribution is 2.37. The van der Waals surface area contributed by atoms with Gasteiger partial charge in [-0.25, -0.2) is 18.7 Å². The first-order valence-electron chi connectivity index (χ1n) is 14.3. The molecule has 4 heterocycles. The third-order valence-corrected chi connectivity index (χ3v) is 7.89. The second-order valence-corrected chi connectivity index (χ2v) is 10.7. The Morgan fingerprint density at radius 1 is 1.24 bits per heavy atom. The van der Waals surface area contributed by atoms with Crippen molar-refractivity contribution in [2.24, 2.45) is 4.99 Å². The molecule has 2 aromatic heterocycles. The van der Waals surface area contributed by atoms with Gasteiger partial charge in [0.25, 0.3) is 5.56 Å². The molecule has 1 saturated heterocycles. The summed E-state index contributed by atoms with van der Waals surface area (Å²) in [4.78, 5) is 31.5. The van der Waals surface area contributed by atoms with Crippen molar-refractivity contribution in [2.45, 2.75) is 58.3 Å². The normalized spacial score (nSPS) is 22.5. The Bertz CT molecular complexity index is 1560. The van der Waals surface area contributed by atoms with Crippen LogP contribution in [0.5, 0.6) is 0 Å². The number of aromatic nitrogens is 4. The second kappa shape index (κ2) is 11.6. The maximum Gasteiger partial charge on any atom is 0.278 e. The van der Waals surface area contributed by atoms with E-state index in [2.05, 4.69) is 44.8 Å². The molecule has 1 aromatic carbocycles. The highest BCUT2D eigenvalue weighted by Gasteiger charge is 2.39. The van der Waals surface area contributed by atoms with Crippen LogP contribution in [0, 0.1) is 5.82 Å². The molecule has 10 nitrogen and oxygen atoms in total. The lowest BCUT2D eigenvalue weighted by Crippen LogP contribution is -2.44. The third kappa shape index (κ3) is 5.43. The van der Waals surface area contributed by atoms with Gasteiger partial charge in [-0.3, -0.25) is 9.79 Å². The van der Waals surface area contributed by atoms with E-state index in [1.165, 1.54) is 12.3 Å². The van der Waals surface area contributed by atoms with Crippen molar-refractivity contribution in [3.8, 4) is 0 Å². The molecule has 0 amide bonds. The van der Waals surface area contributed by atoms with Crippen LogP contribution in [0.25, 0.3) is 11.0 Å². The van der Waals surface area contributed by atoms with Gasteiger partial charge >= 0.3 is 0 Å². The van der Waals surface area contributed by atoms with Crippen LogP contribution < -0.4 is 15.8 Å². The first kappa shape index (κ1) is 28.7. The molecule has 11 heteroatoms. The molecule has 2 atom stereocenters. The number of fused-ring (bicyclic) bond motifs is 2. The van der Waals surface area contributed by atoms with Gasteiger partial charge in [-0.2, -0.15) is 4.98 Å². The Hall–Kier alpha value is -3.83. The predicted octanol–water partition coefficient (Wildman–Crippen LogP) is 4.25. The summed E-state index contributed by atoms with van der Waals surface area (Å²) in [6, 6.07) is 5.02. The SMILES string of the molecule is C=CCn1c(=O)c2cnc(Nc3ccc(N4CCN(C)CC4)c(F)c3)nc2n1C1CC=C2CCC(C)(O)C2=N1.CC. The van der Waals surface area contributed by atoms with Crippen molar-refractivity contribution in [2.75, 3.05) is 43.4 Å². The molecule has 3 aliphatic rings. The lowest BCUT2D eigenvalue weighted by molar-refractivity contribution is 0.133. The number of aliphatic imine (C=N–C) groups is 1. The molecular formula is C30H39FN8O2. The molecule has 2 N–H and O–H groups in total. The number of nitrogens with one attached hydrogen (secondary N) is 1. The van der Waals surface area contributed by atoms with E-state index >= 15 is 4.39 Å². The van der Waals surface area contributed by atoms with Crippen molar-refractivity contribution >= 4 is 34.1 Å². The molecule has 0 spiro atoms. The van der Waals surface area contributed by atoms with E-state index in [0.29, 0.717) is 41.0 Å². The monoisotopic (exact) mass is 562 g/mol. The molecule has 1 saturated carbocycles. The highest BCUT2D eigenvalue weighted by atomic mass is 19.1. The number of hydrogen-bond acceptors (Lipinski definition) is 8. The number of nitrogens with zero attached hydrogens (tertiary/aromatic N) is 7. The van der Waals surface area contributed by atoms with Gasteiger partial charge in [0.1, 0.15) is 23.0 Å². The third-order valence-electron chi connectivity index (χ3n) is 7.89. The summed E-state index contributed by atoms with van der Waals surface area (Å²) < 4.78 is 18.4. The smallest absolute Gasteiger partial charge is 0.278 e. The van der Waals surface area contributed by atoms with Crippen LogP contribution in [0.3, 0.4) is 0 Å². The topological polar surface area (TPSA) is 104 Å². The maximum absolute atomic E-state index is 15.1. The minimum atomic E-state index is -1.00. The van der Waals surface area contributed by atoms with Gasteiger partial charge in [-0.15, -0.1) is 6.58 Å². The Balaban J connectivity index is 0.00000165. The summed E-state index contributed by atoms with van der Waals surface area (Å²) in [5, 5.41) is 14.3. The zero-order chi connectivity index (χ0) is 29.3. The van der Waals surface area contributed by atoms with Crippen LogP contribution in [0.1, 0.15) is 46.2 Å². The summed E-state index contributed by atoms with van der Waals surface area (Å²) in [6.45, 7) is 13.2. The molecule has 41 heavy (non-hydrogen) atoms. The van der Waals surface area contributed by atoms with Crippen LogP contribution in [-0.4, -0.2) is 73.9 Å². The number of allylic oxidation sites excluding steroid dienone is 1. The number of rotatable bonds is 6.